The van der Waals surface area contributed by atoms with E-state index in [-0.39, 0.29) is 37.3 Å². The van der Waals surface area contributed by atoms with Crippen LogP contribution in [0, 0.1) is 0 Å². The van der Waals surface area contributed by atoms with Gasteiger partial charge in [0.1, 0.15) is 5.76 Å². The highest BCUT2D eigenvalue weighted by Crippen LogP contribution is 2.35. The van der Waals surface area contributed by atoms with Gasteiger partial charge in [-0.05, 0) is 54.4 Å². The van der Waals surface area contributed by atoms with Gasteiger partial charge in [0.25, 0.3) is 11.5 Å². The number of piperazine rings is 1. The van der Waals surface area contributed by atoms with E-state index >= 15 is 0 Å². The number of benzene rings is 3. The van der Waals surface area contributed by atoms with E-state index in [1.807, 2.05) is 54.3 Å². The van der Waals surface area contributed by atoms with Crippen molar-refractivity contribution in [2.24, 2.45) is 0 Å². The predicted octanol–water partition coefficient (Wildman–Crippen LogP) is 4.92. The van der Waals surface area contributed by atoms with Gasteiger partial charge in [0.15, 0.2) is 16.7 Å². The van der Waals surface area contributed by atoms with Crippen LogP contribution in [-0.4, -0.2) is 64.5 Å². The number of anilines is 1. The number of aromatic nitrogens is 2. The van der Waals surface area contributed by atoms with Crippen molar-refractivity contribution in [1.82, 2.24) is 19.8 Å². The number of para-hydroxylation sites is 1. The van der Waals surface area contributed by atoms with Crippen LogP contribution in [0.1, 0.15) is 35.0 Å². The van der Waals surface area contributed by atoms with Crippen molar-refractivity contribution in [2.75, 3.05) is 37.9 Å². The standard InChI is InChI=1S/C36H35N5O6S/c1-2-32(33(42)37-21-27-9-6-18-45-27)48-36-38-29-20-31-30(46-23-47-31)19-28(29)35(44)41(36)22-24-10-12-25(13-11-24)34(43)40-16-14-39(15-17-40)26-7-4-3-5-8-26/h3-13,18-20,32H,2,14-17,21-23H2,1H3,(H,37,42). The molecular weight excluding hydrogens is 630 g/mol. The van der Waals surface area contributed by atoms with Crippen LogP contribution in [0.15, 0.2) is 99.5 Å². The van der Waals surface area contributed by atoms with Gasteiger partial charge in [-0.2, -0.15) is 0 Å². The Labute approximate surface area is 281 Å². The molecule has 0 aliphatic carbocycles. The summed E-state index contributed by atoms with van der Waals surface area (Å²) in [4.78, 5) is 49.6. The molecule has 12 heteroatoms. The summed E-state index contributed by atoms with van der Waals surface area (Å²) in [5.41, 5.74) is 2.78. The molecule has 1 unspecified atom stereocenters. The Kier molecular flexibility index (Phi) is 9.06. The molecule has 1 atom stereocenters. The number of nitrogens with zero attached hydrogens (tertiary/aromatic N) is 4. The van der Waals surface area contributed by atoms with E-state index in [0.29, 0.717) is 58.4 Å². The Morgan fingerprint density at radius 3 is 2.40 bits per heavy atom. The lowest BCUT2D eigenvalue weighted by Crippen LogP contribution is -2.48. The van der Waals surface area contributed by atoms with Crippen LogP contribution in [0.25, 0.3) is 10.9 Å². The molecule has 0 radical (unpaired) electrons. The lowest BCUT2D eigenvalue weighted by molar-refractivity contribution is -0.120. The van der Waals surface area contributed by atoms with Gasteiger partial charge in [-0.1, -0.05) is 49.0 Å². The molecule has 1 N–H and O–H groups in total. The number of hydrogen-bond acceptors (Lipinski definition) is 9. The predicted molar refractivity (Wildman–Crippen MR) is 183 cm³/mol. The first-order valence-corrected chi connectivity index (χ1v) is 16.8. The van der Waals surface area contributed by atoms with Gasteiger partial charge < -0.3 is 29.0 Å². The largest absolute Gasteiger partial charge is 0.467 e. The molecule has 2 aromatic heterocycles. The van der Waals surface area contributed by atoms with Crippen LogP contribution in [0.5, 0.6) is 11.5 Å². The molecule has 2 aliphatic heterocycles. The van der Waals surface area contributed by atoms with E-state index in [4.69, 9.17) is 18.9 Å². The molecule has 7 rings (SSSR count). The summed E-state index contributed by atoms with van der Waals surface area (Å²) in [5, 5.41) is 3.21. The quantitative estimate of drug-likeness (QED) is 0.164. The summed E-state index contributed by atoms with van der Waals surface area (Å²) >= 11 is 1.24. The van der Waals surface area contributed by atoms with Gasteiger partial charge in [0.2, 0.25) is 12.7 Å². The van der Waals surface area contributed by atoms with Crippen molar-refractivity contribution in [1.29, 1.82) is 0 Å². The summed E-state index contributed by atoms with van der Waals surface area (Å²) in [6, 6.07) is 24.5. The molecule has 11 nitrogen and oxygen atoms in total. The monoisotopic (exact) mass is 665 g/mol. The second-order valence-electron chi connectivity index (χ2n) is 11.6. The average Bonchev–Trinajstić information content (AvgIpc) is 3.83. The number of ether oxygens (including phenoxy) is 2. The molecular formula is C36H35N5O6S. The first kappa shape index (κ1) is 31.4. The van der Waals surface area contributed by atoms with Gasteiger partial charge in [-0.25, -0.2) is 4.98 Å². The summed E-state index contributed by atoms with van der Waals surface area (Å²) < 4.78 is 18.0. The van der Waals surface area contributed by atoms with Gasteiger partial charge in [0.05, 0.1) is 35.5 Å². The van der Waals surface area contributed by atoms with E-state index < -0.39 is 5.25 Å². The Balaban J connectivity index is 1.11. The van der Waals surface area contributed by atoms with Gasteiger partial charge in [-0.15, -0.1) is 0 Å². The molecule has 2 aliphatic rings. The van der Waals surface area contributed by atoms with Crippen molar-refractivity contribution in [3.05, 3.63) is 112 Å². The average molecular weight is 666 g/mol. The number of carbonyl (C=O) groups excluding carboxylic acids is 2. The van der Waals surface area contributed by atoms with Crippen LogP contribution in [0.3, 0.4) is 0 Å². The molecule has 2 amide bonds. The maximum atomic E-state index is 14.0. The van der Waals surface area contributed by atoms with Crippen molar-refractivity contribution in [3.8, 4) is 11.5 Å². The molecule has 0 bridgehead atoms. The van der Waals surface area contributed by atoms with Crippen LogP contribution in [-0.2, 0) is 17.9 Å². The number of carbonyl (C=O) groups is 2. The third-order valence-electron chi connectivity index (χ3n) is 8.57. The zero-order valence-corrected chi connectivity index (χ0v) is 27.3. The Morgan fingerprint density at radius 2 is 1.69 bits per heavy atom. The number of amides is 2. The molecule has 3 aromatic carbocycles. The van der Waals surface area contributed by atoms with Crippen LogP contribution >= 0.6 is 11.8 Å². The highest BCUT2D eigenvalue weighted by Gasteiger charge is 2.25. The van der Waals surface area contributed by atoms with Crippen molar-refractivity contribution >= 4 is 40.2 Å². The van der Waals surface area contributed by atoms with Gasteiger partial charge >= 0.3 is 0 Å². The van der Waals surface area contributed by atoms with Crippen LogP contribution < -0.4 is 25.2 Å². The summed E-state index contributed by atoms with van der Waals surface area (Å²) in [5.74, 6) is 1.46. The molecule has 0 spiro atoms. The minimum atomic E-state index is -0.507. The summed E-state index contributed by atoms with van der Waals surface area (Å²) in [6.07, 6.45) is 2.08. The number of rotatable bonds is 10. The van der Waals surface area contributed by atoms with Crippen LogP contribution in [0.4, 0.5) is 5.69 Å². The minimum Gasteiger partial charge on any atom is -0.467 e. The van der Waals surface area contributed by atoms with E-state index in [9.17, 15) is 14.4 Å². The lowest BCUT2D eigenvalue weighted by Gasteiger charge is -2.36. The molecule has 48 heavy (non-hydrogen) atoms. The number of furan rings is 1. The fourth-order valence-corrected chi connectivity index (χ4v) is 6.93. The van der Waals surface area contributed by atoms with Gasteiger partial charge in [-0.3, -0.25) is 19.0 Å². The first-order valence-electron chi connectivity index (χ1n) is 16.0. The Bertz CT molecular complexity index is 1970. The number of hydrogen-bond donors (Lipinski definition) is 1. The highest BCUT2D eigenvalue weighted by atomic mass is 32.2. The zero-order valence-electron chi connectivity index (χ0n) is 26.5. The molecule has 1 saturated heterocycles. The maximum Gasteiger partial charge on any atom is 0.262 e. The maximum absolute atomic E-state index is 14.0. The van der Waals surface area contributed by atoms with Crippen molar-refractivity contribution < 1.29 is 23.5 Å². The summed E-state index contributed by atoms with van der Waals surface area (Å²) in [7, 11) is 0. The molecule has 4 heterocycles. The van der Waals surface area contributed by atoms with Crippen LogP contribution in [0.2, 0.25) is 0 Å². The Hall–Kier alpha value is -5.23. The number of nitrogens with one attached hydrogen (secondary N) is 1. The highest BCUT2D eigenvalue weighted by molar-refractivity contribution is 8.00. The first-order chi connectivity index (χ1) is 23.5. The fourth-order valence-electron chi connectivity index (χ4n) is 5.90. The van der Waals surface area contributed by atoms with Gasteiger partial charge in [0, 0.05) is 43.5 Å². The molecule has 1 fully saturated rings. The fraction of sp³-hybridized carbons (Fsp3) is 0.278. The second kappa shape index (κ2) is 13.9. The van der Waals surface area contributed by atoms with E-state index in [1.165, 1.54) is 11.8 Å². The topological polar surface area (TPSA) is 119 Å². The molecule has 5 aromatic rings. The van der Waals surface area contributed by atoms with E-state index in [0.717, 1.165) is 24.3 Å². The van der Waals surface area contributed by atoms with E-state index in [1.54, 1.807) is 35.1 Å². The zero-order chi connectivity index (χ0) is 33.0. The number of fused-ring (bicyclic) bond motifs is 2. The normalized spacial score (nSPS) is 14.7. The molecule has 246 valence electrons. The second-order valence-corrected chi connectivity index (χ2v) is 12.8. The number of thioether (sulfide) groups is 1. The molecule has 0 saturated carbocycles. The third kappa shape index (κ3) is 6.61. The SMILES string of the molecule is CCC(Sc1nc2cc3c(cc2c(=O)n1Cc1ccc(C(=O)N2CCN(c4ccccc4)CC2)cc1)OCO3)C(=O)NCc1ccco1. The summed E-state index contributed by atoms with van der Waals surface area (Å²) in [6.45, 7) is 5.27. The van der Waals surface area contributed by atoms with E-state index in [2.05, 4.69) is 22.3 Å². The minimum absolute atomic E-state index is 0.0162. The van der Waals surface area contributed by atoms with Crippen molar-refractivity contribution in [3.63, 3.8) is 0 Å². The smallest absolute Gasteiger partial charge is 0.262 e. The third-order valence-corrected chi connectivity index (χ3v) is 9.93. The lowest BCUT2D eigenvalue weighted by atomic mass is 10.1. The Morgan fingerprint density at radius 1 is 0.938 bits per heavy atom. The van der Waals surface area contributed by atoms with Crippen molar-refractivity contribution in [2.45, 2.75) is 36.8 Å².